The van der Waals surface area contributed by atoms with E-state index in [2.05, 4.69) is 47.5 Å². The van der Waals surface area contributed by atoms with Gasteiger partial charge in [-0.3, -0.25) is 57.7 Å². The average molecular weight is 1310 g/mol. The molecule has 15 atom stereocenters. The van der Waals surface area contributed by atoms with Crippen LogP contribution in [0.4, 0.5) is 0 Å². The number of nitrogens with one attached hydrogen (secondary N) is 10. The highest BCUT2D eigenvalue weighted by Gasteiger charge is 2.44. The molecule has 1 heterocycles. The number of nitrogens with two attached hydrogens (primary N) is 4. The molecule has 2 aromatic carbocycles. The molecule has 22 N–H and O–H groups in total. The number of carbonyl (C=O) groups excluding carboxylic acids is 12. The average Bonchev–Trinajstić information content (AvgIpc) is 0.857. The number of nitrogens with zero attached hydrogens (tertiary/aromatic N) is 1. The number of esters is 1. The quantitative estimate of drug-likeness (QED) is 0.0214. The number of aliphatic hydroxyl groups excluding tert-OH is 4. The van der Waals surface area contributed by atoms with Gasteiger partial charge < -0.3 is 101 Å². The predicted octanol–water partition coefficient (Wildman–Crippen LogP) is -5.24. The molecular formula is C61H95N15O17. The van der Waals surface area contributed by atoms with Crippen LogP contribution in [0.15, 0.2) is 65.7 Å². The van der Waals surface area contributed by atoms with Crippen molar-refractivity contribution in [3.05, 3.63) is 71.8 Å². The highest BCUT2D eigenvalue weighted by atomic mass is 16.5. The van der Waals surface area contributed by atoms with E-state index in [1.807, 2.05) is 10.6 Å². The van der Waals surface area contributed by atoms with Crippen molar-refractivity contribution < 1.29 is 82.7 Å². The fraction of sp³-hybridized carbons (Fsp3) is 0.590. The Bertz CT molecular complexity index is 2900. The molecule has 1 aliphatic heterocycles. The summed E-state index contributed by atoms with van der Waals surface area (Å²) in [6.45, 7) is 11.7. The lowest BCUT2D eigenvalue weighted by Gasteiger charge is -2.33. The van der Waals surface area contributed by atoms with Crippen LogP contribution in [0.1, 0.15) is 112 Å². The molecule has 0 aliphatic carbocycles. The van der Waals surface area contributed by atoms with Crippen LogP contribution in [0.5, 0.6) is 0 Å². The molecule has 516 valence electrons. The number of amides is 11. The lowest BCUT2D eigenvalue weighted by atomic mass is 9.95. The van der Waals surface area contributed by atoms with Gasteiger partial charge in [-0.25, -0.2) is 4.79 Å². The third kappa shape index (κ3) is 25.3. The van der Waals surface area contributed by atoms with Crippen molar-refractivity contribution in [1.29, 1.82) is 0 Å². The van der Waals surface area contributed by atoms with E-state index in [0.717, 1.165) is 6.92 Å². The Labute approximate surface area is 539 Å². The molecular weight excluding hydrogens is 1210 g/mol. The first-order chi connectivity index (χ1) is 43.7. The Kier molecular flexibility index (Phi) is 32.2. The van der Waals surface area contributed by atoms with Crippen molar-refractivity contribution in [3.63, 3.8) is 0 Å². The van der Waals surface area contributed by atoms with E-state index in [4.69, 9.17) is 27.7 Å². The molecule has 32 nitrogen and oxygen atoms in total. The van der Waals surface area contributed by atoms with E-state index in [-0.39, 0.29) is 68.4 Å². The third-order valence-corrected chi connectivity index (χ3v) is 15.0. The molecule has 1 saturated heterocycles. The first-order valence-corrected chi connectivity index (χ1v) is 30.8. The topological polar surface area (TPSA) is 532 Å². The molecule has 0 radical (unpaired) electrons. The zero-order valence-corrected chi connectivity index (χ0v) is 53.9. The maximum atomic E-state index is 15.4. The normalized spacial score (nSPS) is 24.2. The molecule has 3 rings (SSSR count). The van der Waals surface area contributed by atoms with Gasteiger partial charge in [0.05, 0.1) is 31.4 Å². The maximum Gasteiger partial charge on any atom is 0.331 e. The van der Waals surface area contributed by atoms with E-state index in [9.17, 15) is 73.2 Å². The van der Waals surface area contributed by atoms with Crippen LogP contribution in [0.25, 0.3) is 0 Å². The molecule has 93 heavy (non-hydrogen) atoms. The summed E-state index contributed by atoms with van der Waals surface area (Å²) in [6.07, 6.45) is -8.28. The van der Waals surface area contributed by atoms with Crippen LogP contribution in [0, 0.1) is 23.7 Å². The van der Waals surface area contributed by atoms with E-state index < -0.39 is 181 Å². The summed E-state index contributed by atoms with van der Waals surface area (Å²) in [5, 5.41) is 68.2. The minimum atomic E-state index is -2.58. The van der Waals surface area contributed by atoms with Crippen LogP contribution in [0.2, 0.25) is 0 Å². The molecule has 0 aromatic heterocycles. The molecule has 0 spiro atoms. The lowest BCUT2D eigenvalue weighted by molar-refractivity contribution is -0.159. The van der Waals surface area contributed by atoms with Crippen molar-refractivity contribution in [2.24, 2.45) is 51.6 Å². The summed E-state index contributed by atoms with van der Waals surface area (Å²) in [4.78, 5) is 175. The number of guanidine groups is 1. The number of aliphatic hydroxyl groups is 4. The Hall–Kier alpha value is -8.85. The summed E-state index contributed by atoms with van der Waals surface area (Å²) in [6, 6.07) is -2.25. The van der Waals surface area contributed by atoms with Gasteiger partial charge >= 0.3 is 5.97 Å². The fourth-order valence-corrected chi connectivity index (χ4v) is 9.60. The van der Waals surface area contributed by atoms with Gasteiger partial charge in [0.15, 0.2) is 24.2 Å². The highest BCUT2D eigenvalue weighted by molar-refractivity contribution is 6.00. The second-order valence-electron chi connectivity index (χ2n) is 24.1. The number of primary amides is 1. The first kappa shape index (κ1) is 78.4. The smallest absolute Gasteiger partial charge is 0.331 e. The van der Waals surface area contributed by atoms with Crippen molar-refractivity contribution in [2.75, 3.05) is 19.7 Å². The molecule has 2 unspecified atom stereocenters. The van der Waals surface area contributed by atoms with Crippen molar-refractivity contribution >= 4 is 76.9 Å². The third-order valence-electron chi connectivity index (χ3n) is 15.0. The summed E-state index contributed by atoms with van der Waals surface area (Å²) >= 11 is 0. The lowest BCUT2D eigenvalue weighted by Crippen LogP contribution is -2.64. The number of cyclic esters (lactones) is 1. The second kappa shape index (κ2) is 38.2. The zero-order chi connectivity index (χ0) is 70.0. The van der Waals surface area contributed by atoms with Gasteiger partial charge in [0.1, 0.15) is 48.3 Å². The van der Waals surface area contributed by atoms with Gasteiger partial charge in [0.2, 0.25) is 65.0 Å². The number of hydrogen-bond donors (Lipinski definition) is 18. The molecule has 1 fully saturated rings. The highest BCUT2D eigenvalue weighted by Crippen LogP contribution is 2.25. The van der Waals surface area contributed by atoms with E-state index >= 15 is 4.79 Å². The van der Waals surface area contributed by atoms with Crippen LogP contribution in [0.3, 0.4) is 0 Å². The van der Waals surface area contributed by atoms with E-state index in [1.165, 1.54) is 44.2 Å². The number of benzene rings is 2. The van der Waals surface area contributed by atoms with Crippen molar-refractivity contribution in [1.82, 2.24) is 53.2 Å². The van der Waals surface area contributed by atoms with Crippen LogP contribution < -0.4 is 76.1 Å². The summed E-state index contributed by atoms with van der Waals surface area (Å²) < 4.78 is 5.94. The first-order valence-electron chi connectivity index (χ1n) is 30.8. The van der Waals surface area contributed by atoms with Crippen LogP contribution in [-0.4, -0.2) is 196 Å². The van der Waals surface area contributed by atoms with Gasteiger partial charge in [-0.2, -0.15) is 0 Å². The largest absolute Gasteiger partial charge is 0.453 e. The van der Waals surface area contributed by atoms with Gasteiger partial charge in [-0.1, -0.05) is 122 Å². The van der Waals surface area contributed by atoms with E-state index in [1.54, 1.807) is 71.9 Å². The fourth-order valence-electron chi connectivity index (χ4n) is 9.60. The van der Waals surface area contributed by atoms with Gasteiger partial charge in [0, 0.05) is 6.54 Å². The predicted molar refractivity (Wildman–Crippen MR) is 337 cm³/mol. The zero-order valence-electron chi connectivity index (χ0n) is 53.9. The summed E-state index contributed by atoms with van der Waals surface area (Å²) in [5.41, 5.74) is 23.4. The summed E-state index contributed by atoms with van der Waals surface area (Å²) in [5.74, 6) is -17.3. The van der Waals surface area contributed by atoms with Gasteiger partial charge in [-0.15, -0.1) is 0 Å². The molecule has 0 bridgehead atoms. The van der Waals surface area contributed by atoms with Crippen LogP contribution >= 0.6 is 0 Å². The van der Waals surface area contributed by atoms with Crippen molar-refractivity contribution in [2.45, 2.75) is 186 Å². The van der Waals surface area contributed by atoms with E-state index in [0.29, 0.717) is 5.56 Å². The number of ether oxygens (including phenoxy) is 1. The number of aliphatic imine (C=N–C) groups is 1. The molecule has 0 saturated carbocycles. The number of hydrogen-bond acceptors (Lipinski definition) is 19. The van der Waals surface area contributed by atoms with Gasteiger partial charge in [-0.05, 0) is 73.8 Å². The standard InChI is InChI=1S/C61H95N15O17/c1-10-32(8)42-56(88)74-43(33(9)78)55(87)67-27-41(79)72-45(48(81)50(63)82)58(90)71-40(28-77)60(92)93-49(35-20-15-12-16-21-35)46(76-54(86)39(25-30(4)5)69-51(83)36(62)26-34-18-13-11-14-19-34)59(91)75-44(47(80)31(6)7)57(89)70-38(24-29(2)3)53(85)68-37(52(84)73-42)22-17-23-66-61(64)65/h11-16,18-21,29-33,36-40,42-49,77-78,80-81H,10,17,22-28,62H2,1-9H3,(H2,63,82)(H,67,87)(H,68,85)(H,69,83)(H,70,89)(H,71,90)(H,72,79)(H,73,84)(H,74,88)(H,75,91)(H,76,86)(H4,64,65,66)/t32-,33-,36+,37+,38-,39-,40-,42?,43?,44-,45-,46-,47+,48-,49+/m0/s1. The Morgan fingerprint density at radius 1 is 0.645 bits per heavy atom. The minimum Gasteiger partial charge on any atom is -0.453 e. The molecule has 1 aliphatic rings. The monoisotopic (exact) mass is 1310 g/mol. The van der Waals surface area contributed by atoms with Gasteiger partial charge in [0.25, 0.3) is 0 Å². The van der Waals surface area contributed by atoms with Crippen LogP contribution in [-0.2, 0) is 68.7 Å². The molecule has 2 aromatic rings. The Balaban J connectivity index is 2.40. The number of carbonyl (C=O) groups is 12. The Morgan fingerprint density at radius 2 is 1.19 bits per heavy atom. The SMILES string of the molecule is CC[C@H](C)C1NC(=O)[C@@H](CCCN=C(N)N)NC(=O)[C@H](CC(C)C)NC(=O)[C@H]([C@H](O)C(C)C)NC(=O)[C@@H](NC(=O)[C@H](CC(C)C)NC(=O)[C@H](N)Cc2ccccc2)[C@@H](c2ccccc2)OC(=O)[C@H](CO)NC(=O)[C@H]([C@H](O)C(N)=O)NC(=O)CNC(=O)C([C@H](C)O)NC1=O. The minimum absolute atomic E-state index is 0.0388. The maximum absolute atomic E-state index is 15.4. The number of rotatable bonds is 23. The van der Waals surface area contributed by atoms with Crippen molar-refractivity contribution in [3.8, 4) is 0 Å². The molecule has 11 amide bonds. The second-order valence-corrected chi connectivity index (χ2v) is 24.1. The summed E-state index contributed by atoms with van der Waals surface area (Å²) in [7, 11) is 0. The Morgan fingerprint density at radius 3 is 1.74 bits per heavy atom. The molecule has 32 heteroatoms.